The normalized spacial score (nSPS) is 13.9. The third kappa shape index (κ3) is 4.14. The van der Waals surface area contributed by atoms with E-state index >= 15 is 0 Å². The summed E-state index contributed by atoms with van der Waals surface area (Å²) in [6, 6.07) is 23.6. The molecule has 0 fully saturated rings. The van der Waals surface area contributed by atoms with Crippen LogP contribution in [0.4, 0.5) is 5.69 Å². The second kappa shape index (κ2) is 8.65. The zero-order chi connectivity index (χ0) is 23.0. The number of benzene rings is 3. The van der Waals surface area contributed by atoms with Crippen molar-refractivity contribution in [1.82, 2.24) is 9.97 Å². The van der Waals surface area contributed by atoms with E-state index in [1.54, 1.807) is 0 Å². The zero-order valence-corrected chi connectivity index (χ0v) is 20.0. The van der Waals surface area contributed by atoms with E-state index < -0.39 is 10.0 Å². The van der Waals surface area contributed by atoms with Crippen LogP contribution in [0.2, 0.25) is 0 Å². The molecule has 1 aliphatic rings. The fourth-order valence-electron chi connectivity index (χ4n) is 3.89. The molecule has 33 heavy (non-hydrogen) atoms. The van der Waals surface area contributed by atoms with E-state index in [9.17, 15) is 8.42 Å². The lowest BCUT2D eigenvalue weighted by Gasteiger charge is -2.31. The van der Waals surface area contributed by atoms with Gasteiger partial charge < -0.3 is 0 Å². The van der Waals surface area contributed by atoms with Gasteiger partial charge in [0.2, 0.25) is 0 Å². The van der Waals surface area contributed by atoms with Crippen molar-refractivity contribution in [2.75, 3.05) is 4.31 Å². The largest absolute Gasteiger partial charge is 0.268 e. The van der Waals surface area contributed by atoms with Crippen molar-refractivity contribution in [2.45, 2.75) is 36.2 Å². The number of fused-ring (bicyclic) bond motifs is 3. The average Bonchev–Trinajstić information content (AvgIpc) is 2.82. The topological polar surface area (TPSA) is 63.2 Å². The molecule has 0 saturated heterocycles. The number of nitrogens with zero attached hydrogens (tertiary/aromatic N) is 3. The third-order valence-electron chi connectivity index (χ3n) is 5.79. The lowest BCUT2D eigenvalue weighted by molar-refractivity contribution is 0.588. The van der Waals surface area contributed by atoms with Crippen molar-refractivity contribution in [1.29, 1.82) is 0 Å². The summed E-state index contributed by atoms with van der Waals surface area (Å²) >= 11 is 1.51. The number of hydrogen-bond acceptors (Lipinski definition) is 5. The van der Waals surface area contributed by atoms with Crippen molar-refractivity contribution in [2.24, 2.45) is 0 Å². The first-order valence-corrected chi connectivity index (χ1v) is 13.1. The van der Waals surface area contributed by atoms with E-state index in [1.807, 2.05) is 67.6 Å². The lowest BCUT2D eigenvalue weighted by Crippen LogP contribution is -2.34. The van der Waals surface area contributed by atoms with Crippen LogP contribution in [0.15, 0.2) is 89.0 Å². The minimum Gasteiger partial charge on any atom is -0.261 e. The Kier molecular flexibility index (Phi) is 5.68. The Bertz CT molecular complexity index is 1430. The summed E-state index contributed by atoms with van der Waals surface area (Å²) in [7, 11) is -3.80. The molecule has 1 aromatic heterocycles. The molecule has 0 saturated carbocycles. The number of rotatable bonds is 5. The maximum absolute atomic E-state index is 13.6. The highest BCUT2D eigenvalue weighted by Crippen LogP contribution is 2.43. The predicted octanol–water partition coefficient (Wildman–Crippen LogP) is 5.76. The molecular formula is C26H23N3O2S2. The summed E-state index contributed by atoms with van der Waals surface area (Å²) in [5.41, 5.74) is 6.38. The quantitative estimate of drug-likeness (QED) is 0.272. The summed E-state index contributed by atoms with van der Waals surface area (Å²) in [6.45, 7) is 4.34. The Hall–Kier alpha value is -3.16. The molecule has 5 nitrogen and oxygen atoms in total. The predicted molar refractivity (Wildman–Crippen MR) is 133 cm³/mol. The van der Waals surface area contributed by atoms with Crippen molar-refractivity contribution < 1.29 is 8.42 Å². The standard InChI is InChI=1S/C26H23N3O2S2/c1-18-11-13-20(14-12-18)16-29-23-10-6-5-9-22(23)25-24(33(29,30)31)15-27-26(28-25)32-17-21-8-4-3-7-19(21)2/h3-15H,16-17H2,1-2H3. The SMILES string of the molecule is Cc1ccc(CN2c3ccccc3-c3nc(SCc4ccccc4C)ncc3S2(=O)=O)cc1. The molecule has 166 valence electrons. The summed E-state index contributed by atoms with van der Waals surface area (Å²) < 4.78 is 28.7. The van der Waals surface area contributed by atoms with Crippen LogP contribution >= 0.6 is 11.8 Å². The highest BCUT2D eigenvalue weighted by Gasteiger charge is 2.36. The van der Waals surface area contributed by atoms with Crippen molar-refractivity contribution in [3.8, 4) is 11.3 Å². The zero-order valence-electron chi connectivity index (χ0n) is 18.4. The van der Waals surface area contributed by atoms with Crippen LogP contribution in [0.25, 0.3) is 11.3 Å². The number of hydrogen-bond donors (Lipinski definition) is 0. The first-order chi connectivity index (χ1) is 15.9. The molecule has 0 N–H and O–H groups in total. The maximum atomic E-state index is 13.6. The van der Waals surface area contributed by atoms with Crippen LogP contribution in [-0.2, 0) is 22.3 Å². The molecular weight excluding hydrogens is 450 g/mol. The number of para-hydroxylation sites is 1. The third-order valence-corrected chi connectivity index (χ3v) is 8.46. The number of sulfonamides is 1. The molecule has 0 amide bonds. The monoisotopic (exact) mass is 473 g/mol. The van der Waals surface area contributed by atoms with Gasteiger partial charge in [-0.05, 0) is 36.6 Å². The first-order valence-electron chi connectivity index (χ1n) is 10.7. The van der Waals surface area contributed by atoms with E-state index in [0.29, 0.717) is 16.5 Å². The molecule has 0 unspecified atom stereocenters. The lowest BCUT2D eigenvalue weighted by atomic mass is 10.1. The smallest absolute Gasteiger partial charge is 0.261 e. The van der Waals surface area contributed by atoms with E-state index in [-0.39, 0.29) is 11.4 Å². The Morgan fingerprint density at radius 1 is 0.909 bits per heavy atom. The molecule has 0 radical (unpaired) electrons. The van der Waals surface area contributed by atoms with Gasteiger partial charge in [-0.2, -0.15) is 0 Å². The van der Waals surface area contributed by atoms with Gasteiger partial charge in [-0.3, -0.25) is 4.31 Å². The Labute approximate surface area is 198 Å². The van der Waals surface area contributed by atoms with E-state index in [2.05, 4.69) is 24.0 Å². The van der Waals surface area contributed by atoms with Crippen LogP contribution in [0.1, 0.15) is 22.3 Å². The fraction of sp³-hybridized carbons (Fsp3) is 0.154. The van der Waals surface area contributed by atoms with Crippen LogP contribution in [0, 0.1) is 13.8 Å². The highest BCUT2D eigenvalue weighted by molar-refractivity contribution is 7.98. The van der Waals surface area contributed by atoms with Gasteiger partial charge in [-0.25, -0.2) is 18.4 Å². The van der Waals surface area contributed by atoms with Crippen LogP contribution in [0.3, 0.4) is 0 Å². The Balaban J connectivity index is 1.52. The number of thioether (sulfide) groups is 1. The molecule has 2 heterocycles. The van der Waals surface area contributed by atoms with Crippen molar-refractivity contribution >= 4 is 27.5 Å². The second-order valence-corrected chi connectivity index (χ2v) is 10.9. The van der Waals surface area contributed by atoms with Gasteiger partial charge in [0, 0.05) is 11.3 Å². The van der Waals surface area contributed by atoms with Gasteiger partial charge in [-0.1, -0.05) is 84.1 Å². The summed E-state index contributed by atoms with van der Waals surface area (Å²) in [5.74, 6) is 0.722. The van der Waals surface area contributed by atoms with Crippen LogP contribution in [-0.4, -0.2) is 18.4 Å². The second-order valence-electron chi connectivity index (χ2n) is 8.10. The Morgan fingerprint density at radius 2 is 1.64 bits per heavy atom. The molecule has 7 heteroatoms. The average molecular weight is 474 g/mol. The van der Waals surface area contributed by atoms with Gasteiger partial charge in [0.25, 0.3) is 10.0 Å². The molecule has 4 aromatic rings. The fourth-order valence-corrected chi connectivity index (χ4v) is 6.34. The molecule has 5 rings (SSSR count). The maximum Gasteiger partial charge on any atom is 0.268 e. The summed E-state index contributed by atoms with van der Waals surface area (Å²) in [4.78, 5) is 9.25. The van der Waals surface area contributed by atoms with Crippen LogP contribution in [0.5, 0.6) is 0 Å². The van der Waals surface area contributed by atoms with Crippen LogP contribution < -0.4 is 4.31 Å². The number of aromatic nitrogens is 2. The highest BCUT2D eigenvalue weighted by atomic mass is 32.2. The van der Waals surface area contributed by atoms with Crippen molar-refractivity contribution in [3.63, 3.8) is 0 Å². The minimum atomic E-state index is -3.80. The number of aryl methyl sites for hydroxylation is 2. The molecule has 1 aliphatic heterocycles. The van der Waals surface area contributed by atoms with Gasteiger partial charge in [0.05, 0.1) is 24.1 Å². The van der Waals surface area contributed by atoms with E-state index in [1.165, 1.54) is 33.4 Å². The number of anilines is 1. The van der Waals surface area contributed by atoms with Gasteiger partial charge >= 0.3 is 0 Å². The van der Waals surface area contributed by atoms with Crippen molar-refractivity contribution in [3.05, 3.63) is 101 Å². The van der Waals surface area contributed by atoms with E-state index in [4.69, 9.17) is 4.98 Å². The minimum absolute atomic E-state index is 0.147. The van der Waals surface area contributed by atoms with Gasteiger partial charge in [0.1, 0.15) is 4.90 Å². The molecule has 3 aromatic carbocycles. The summed E-state index contributed by atoms with van der Waals surface area (Å²) in [5, 5.41) is 0.564. The van der Waals surface area contributed by atoms with E-state index in [0.717, 1.165) is 22.4 Å². The van der Waals surface area contributed by atoms with Gasteiger partial charge in [-0.15, -0.1) is 0 Å². The molecule has 0 aliphatic carbocycles. The molecule has 0 bridgehead atoms. The molecule has 0 atom stereocenters. The molecule has 0 spiro atoms. The van der Waals surface area contributed by atoms with Gasteiger partial charge in [0.15, 0.2) is 5.16 Å². The first kappa shape index (κ1) is 21.7. The summed E-state index contributed by atoms with van der Waals surface area (Å²) in [6.07, 6.45) is 1.45. The Morgan fingerprint density at radius 3 is 2.42 bits per heavy atom.